The molecule has 1 aliphatic rings. The number of nitrogens with zero attached hydrogens (tertiary/aromatic N) is 4. The molecule has 1 aliphatic heterocycles. The van der Waals surface area contributed by atoms with E-state index >= 15 is 0 Å². The van der Waals surface area contributed by atoms with Crippen LogP contribution in [-0.2, 0) is 6.54 Å². The maximum Gasteiger partial charge on any atom is 0.116 e. The van der Waals surface area contributed by atoms with Crippen molar-refractivity contribution in [1.82, 2.24) is 24.4 Å². The zero-order chi connectivity index (χ0) is 23.6. The predicted molar refractivity (Wildman–Crippen MR) is 147 cm³/mol. The fraction of sp³-hybridized carbons (Fsp3) is 0.0323. The number of nitrogens with one attached hydrogen (secondary N) is 1. The van der Waals surface area contributed by atoms with Gasteiger partial charge in [0.15, 0.2) is 0 Å². The lowest BCUT2D eigenvalue weighted by molar-refractivity contribution is 0.835. The highest BCUT2D eigenvalue weighted by Gasteiger charge is 2.23. The molecule has 0 aliphatic carbocycles. The van der Waals surface area contributed by atoms with E-state index in [4.69, 9.17) is 9.97 Å². The molecule has 7 aromatic rings. The number of hydrogen-bond acceptors (Lipinski definition) is 3. The van der Waals surface area contributed by atoms with Gasteiger partial charge >= 0.3 is 0 Å². The van der Waals surface area contributed by atoms with Gasteiger partial charge in [0.2, 0.25) is 0 Å². The molecule has 3 aromatic carbocycles. The summed E-state index contributed by atoms with van der Waals surface area (Å²) in [6.45, 7) is 0.776. The highest BCUT2D eigenvalue weighted by Crippen LogP contribution is 2.40. The van der Waals surface area contributed by atoms with E-state index in [1.165, 1.54) is 21.9 Å². The first-order chi connectivity index (χ1) is 17.9. The fourth-order valence-corrected chi connectivity index (χ4v) is 5.68. The van der Waals surface area contributed by atoms with Crippen LogP contribution in [0.2, 0.25) is 0 Å². The lowest BCUT2D eigenvalue weighted by Gasteiger charge is -2.21. The van der Waals surface area contributed by atoms with Gasteiger partial charge in [0, 0.05) is 29.2 Å². The molecule has 0 fully saturated rings. The molecule has 0 amide bonds. The number of pyridine rings is 2. The quantitative estimate of drug-likeness (QED) is 0.309. The van der Waals surface area contributed by atoms with Crippen LogP contribution in [0, 0.1) is 0 Å². The minimum atomic E-state index is 0.776. The van der Waals surface area contributed by atoms with Gasteiger partial charge in [-0.15, -0.1) is 0 Å². The second-order valence-corrected chi connectivity index (χ2v) is 9.19. The molecule has 5 heteroatoms. The van der Waals surface area contributed by atoms with Crippen molar-refractivity contribution in [2.24, 2.45) is 0 Å². The largest absolute Gasteiger partial charge is 0.367 e. The van der Waals surface area contributed by atoms with Crippen LogP contribution in [0.1, 0.15) is 11.1 Å². The molecule has 8 rings (SSSR count). The molecule has 0 saturated heterocycles. The number of aromatic nitrogens is 4. The molecule has 0 bridgehead atoms. The Bertz CT molecular complexity index is 1990. The average molecular weight is 464 g/mol. The van der Waals surface area contributed by atoms with E-state index in [1.807, 2.05) is 18.5 Å². The van der Waals surface area contributed by atoms with Crippen molar-refractivity contribution in [2.45, 2.75) is 6.54 Å². The highest BCUT2D eigenvalue weighted by atomic mass is 15.2. The molecule has 36 heavy (non-hydrogen) atoms. The van der Waals surface area contributed by atoms with Gasteiger partial charge in [0.1, 0.15) is 16.9 Å². The molecular formula is C31H21N5. The molecule has 5 heterocycles. The lowest BCUT2D eigenvalue weighted by Crippen LogP contribution is -2.20. The molecule has 0 saturated carbocycles. The third-order valence-corrected chi connectivity index (χ3v) is 7.23. The molecule has 0 spiro atoms. The Morgan fingerprint density at radius 3 is 2.42 bits per heavy atom. The topological polar surface area (TPSA) is 47.7 Å². The van der Waals surface area contributed by atoms with E-state index in [0.29, 0.717) is 0 Å². The minimum Gasteiger partial charge on any atom is -0.367 e. The van der Waals surface area contributed by atoms with E-state index in [1.54, 1.807) is 0 Å². The van der Waals surface area contributed by atoms with Gasteiger partial charge in [-0.2, -0.15) is 0 Å². The molecule has 0 radical (unpaired) electrons. The molecular weight excluding hydrogens is 442 g/mol. The van der Waals surface area contributed by atoms with Crippen molar-refractivity contribution in [3.8, 4) is 5.69 Å². The number of hydrogen-bond donors (Lipinski definition) is 1. The highest BCUT2D eigenvalue weighted by molar-refractivity contribution is 6.24. The summed E-state index contributed by atoms with van der Waals surface area (Å²) in [5, 5.41) is 6.05. The normalized spacial score (nSPS) is 13.3. The van der Waals surface area contributed by atoms with E-state index in [0.717, 1.165) is 51.2 Å². The summed E-state index contributed by atoms with van der Waals surface area (Å²) in [4.78, 5) is 9.80. The van der Waals surface area contributed by atoms with Crippen molar-refractivity contribution in [2.75, 3.05) is 0 Å². The molecule has 5 nitrogen and oxygen atoms in total. The maximum atomic E-state index is 5.02. The van der Waals surface area contributed by atoms with Gasteiger partial charge in [0.25, 0.3) is 0 Å². The van der Waals surface area contributed by atoms with Crippen molar-refractivity contribution >= 4 is 55.8 Å². The van der Waals surface area contributed by atoms with Crippen LogP contribution < -0.4 is 5.32 Å². The summed E-state index contributed by atoms with van der Waals surface area (Å²) in [5.41, 5.74) is 9.83. The van der Waals surface area contributed by atoms with Gasteiger partial charge < -0.3 is 9.88 Å². The Morgan fingerprint density at radius 1 is 0.667 bits per heavy atom. The van der Waals surface area contributed by atoms with Crippen molar-refractivity contribution in [3.63, 3.8) is 0 Å². The van der Waals surface area contributed by atoms with Crippen LogP contribution in [0.15, 0.2) is 103 Å². The third kappa shape index (κ3) is 2.59. The van der Waals surface area contributed by atoms with Crippen molar-refractivity contribution < 1.29 is 0 Å². The van der Waals surface area contributed by atoms with Crippen LogP contribution >= 0.6 is 0 Å². The summed E-state index contributed by atoms with van der Waals surface area (Å²) in [7, 11) is 0. The van der Waals surface area contributed by atoms with E-state index in [9.17, 15) is 0 Å². The maximum absolute atomic E-state index is 5.02. The number of fused-ring (bicyclic) bond motifs is 8. The summed E-state index contributed by atoms with van der Waals surface area (Å²) in [5.74, 6) is 1.03. The average Bonchev–Trinajstić information content (AvgIpc) is 3.46. The Labute approximate surface area is 206 Å². The first-order valence-electron chi connectivity index (χ1n) is 12.1. The van der Waals surface area contributed by atoms with Crippen LogP contribution in [0.3, 0.4) is 0 Å². The van der Waals surface area contributed by atoms with Gasteiger partial charge in [-0.1, -0.05) is 60.7 Å². The Kier molecular flexibility index (Phi) is 3.93. The standard InChI is InChI=1S/C31H21N5/c1-2-11-22(12-3-1)35-24-14-7-6-13-23(24)28-26(35)19-34-30-29-25(15-8-16-32-29)36(31(28)30)27-17-20-9-4-5-10-21(20)18-33-27/h1-17,19,33H,18H2. The Balaban J connectivity index is 1.57. The van der Waals surface area contributed by atoms with Crippen molar-refractivity contribution in [3.05, 3.63) is 115 Å². The fourth-order valence-electron chi connectivity index (χ4n) is 5.68. The van der Waals surface area contributed by atoms with Crippen LogP contribution in [0.4, 0.5) is 0 Å². The van der Waals surface area contributed by atoms with Gasteiger partial charge in [-0.3, -0.25) is 14.5 Å². The zero-order valence-corrected chi connectivity index (χ0v) is 19.4. The van der Waals surface area contributed by atoms with Crippen LogP contribution in [-0.4, -0.2) is 19.1 Å². The monoisotopic (exact) mass is 463 g/mol. The smallest absolute Gasteiger partial charge is 0.116 e. The van der Waals surface area contributed by atoms with Gasteiger partial charge in [-0.05, 0) is 47.5 Å². The van der Waals surface area contributed by atoms with Crippen LogP contribution in [0.5, 0.6) is 0 Å². The molecule has 0 atom stereocenters. The molecule has 170 valence electrons. The molecule has 1 N–H and O–H groups in total. The second kappa shape index (κ2) is 7.30. The predicted octanol–water partition coefficient (Wildman–Crippen LogP) is 6.74. The van der Waals surface area contributed by atoms with E-state index < -0.39 is 0 Å². The summed E-state index contributed by atoms with van der Waals surface area (Å²) < 4.78 is 4.62. The van der Waals surface area contributed by atoms with Crippen molar-refractivity contribution in [1.29, 1.82) is 0 Å². The zero-order valence-electron chi connectivity index (χ0n) is 19.4. The summed E-state index contributed by atoms with van der Waals surface area (Å²) >= 11 is 0. The van der Waals surface area contributed by atoms with E-state index in [-0.39, 0.29) is 0 Å². The van der Waals surface area contributed by atoms with Gasteiger partial charge in [0.05, 0.1) is 28.3 Å². The minimum absolute atomic E-state index is 0.776. The first-order valence-corrected chi connectivity index (χ1v) is 12.1. The van der Waals surface area contributed by atoms with E-state index in [2.05, 4.69) is 105 Å². The lowest BCUT2D eigenvalue weighted by atomic mass is 10.0. The molecule has 0 unspecified atom stereocenters. The summed E-state index contributed by atoms with van der Waals surface area (Å²) in [6.07, 6.45) is 6.09. The number of para-hydroxylation sites is 2. The number of rotatable bonds is 2. The third-order valence-electron chi connectivity index (χ3n) is 7.23. The number of benzene rings is 3. The molecule has 4 aromatic heterocycles. The van der Waals surface area contributed by atoms with Crippen LogP contribution in [0.25, 0.3) is 61.5 Å². The van der Waals surface area contributed by atoms with Gasteiger partial charge in [-0.25, -0.2) is 0 Å². The Hall–Kier alpha value is -4.90. The Morgan fingerprint density at radius 2 is 1.47 bits per heavy atom. The SMILES string of the molecule is C1=C(n2c3cccnc3c3ncc4c(c5ccccc5n4-c4ccccc4)c32)NCc2ccccc21. The summed E-state index contributed by atoms with van der Waals surface area (Å²) in [6, 6.07) is 31.8. The second-order valence-electron chi connectivity index (χ2n) is 9.19. The first kappa shape index (κ1) is 19.4.